The van der Waals surface area contributed by atoms with E-state index in [9.17, 15) is 9.90 Å². The van der Waals surface area contributed by atoms with Gasteiger partial charge in [0.15, 0.2) is 0 Å². The molecule has 2 atom stereocenters. The molecule has 1 fully saturated rings. The molecule has 1 aliphatic heterocycles. The highest BCUT2D eigenvalue weighted by atomic mass is 16.5. The van der Waals surface area contributed by atoms with E-state index in [1.54, 1.807) is 24.3 Å². The van der Waals surface area contributed by atoms with E-state index in [1.807, 2.05) is 0 Å². The minimum atomic E-state index is -0.486. The molecule has 1 aromatic rings. The van der Waals surface area contributed by atoms with E-state index in [1.165, 1.54) is 19.8 Å². The van der Waals surface area contributed by atoms with E-state index in [-0.39, 0.29) is 12.5 Å². The minimum Gasteiger partial charge on any atom is -0.491 e. The number of hydrogen-bond acceptors (Lipinski definition) is 4. The van der Waals surface area contributed by atoms with Gasteiger partial charge in [-0.3, -0.25) is 4.79 Å². The molecule has 122 valence electrons. The van der Waals surface area contributed by atoms with Crippen molar-refractivity contribution in [2.24, 2.45) is 5.92 Å². The number of carbonyl (C=O) groups excluding carboxylic acids is 1. The van der Waals surface area contributed by atoms with E-state index in [0.29, 0.717) is 18.2 Å². The van der Waals surface area contributed by atoms with E-state index in [2.05, 4.69) is 17.1 Å². The monoisotopic (exact) mass is 306 g/mol. The molecular weight excluding hydrogens is 280 g/mol. The van der Waals surface area contributed by atoms with Gasteiger partial charge in [0.05, 0.1) is 0 Å². The average Bonchev–Trinajstić information content (AvgIpc) is 2.46. The number of β-amino-alcohol motifs (C(OH)–C–C–N with tert-alkyl or cyclic N) is 1. The molecule has 0 bridgehead atoms. The van der Waals surface area contributed by atoms with Crippen LogP contribution in [0.5, 0.6) is 5.75 Å². The molecule has 2 rings (SSSR count). The molecule has 1 aliphatic rings. The first kappa shape index (κ1) is 16.8. The van der Waals surface area contributed by atoms with Gasteiger partial charge in [0, 0.05) is 25.7 Å². The van der Waals surface area contributed by atoms with Crippen LogP contribution in [0.4, 0.5) is 5.69 Å². The molecule has 0 aliphatic carbocycles. The second-order valence-corrected chi connectivity index (χ2v) is 6.18. The molecule has 5 nitrogen and oxygen atoms in total. The first-order valence-corrected chi connectivity index (χ1v) is 7.94. The zero-order valence-corrected chi connectivity index (χ0v) is 13.4. The number of ether oxygens (including phenoxy) is 1. The Bertz CT molecular complexity index is 475. The van der Waals surface area contributed by atoms with Crippen molar-refractivity contribution in [2.45, 2.75) is 32.8 Å². The van der Waals surface area contributed by atoms with Crippen molar-refractivity contribution in [2.75, 3.05) is 31.6 Å². The van der Waals surface area contributed by atoms with Gasteiger partial charge < -0.3 is 20.1 Å². The molecule has 22 heavy (non-hydrogen) atoms. The molecule has 1 amide bonds. The Balaban J connectivity index is 1.73. The Morgan fingerprint density at radius 1 is 1.45 bits per heavy atom. The molecule has 2 N–H and O–H groups in total. The van der Waals surface area contributed by atoms with Crippen molar-refractivity contribution in [3.8, 4) is 5.75 Å². The second kappa shape index (κ2) is 8.15. The van der Waals surface area contributed by atoms with Gasteiger partial charge in [0.25, 0.3) is 0 Å². The van der Waals surface area contributed by atoms with Gasteiger partial charge >= 0.3 is 0 Å². The maximum Gasteiger partial charge on any atom is 0.221 e. The van der Waals surface area contributed by atoms with Crippen molar-refractivity contribution in [1.29, 1.82) is 0 Å². The molecule has 1 aromatic carbocycles. The first-order valence-electron chi connectivity index (χ1n) is 7.94. The molecule has 0 spiro atoms. The third-order valence-electron chi connectivity index (χ3n) is 3.83. The van der Waals surface area contributed by atoms with Crippen LogP contribution < -0.4 is 10.1 Å². The van der Waals surface area contributed by atoms with Gasteiger partial charge in [-0.1, -0.05) is 6.92 Å². The molecule has 0 unspecified atom stereocenters. The van der Waals surface area contributed by atoms with Gasteiger partial charge in [0.2, 0.25) is 5.91 Å². The van der Waals surface area contributed by atoms with E-state index in [4.69, 9.17) is 4.74 Å². The van der Waals surface area contributed by atoms with Crippen LogP contribution in [0.1, 0.15) is 26.7 Å². The summed E-state index contributed by atoms with van der Waals surface area (Å²) in [4.78, 5) is 13.3. The number of likely N-dealkylation sites (tertiary alicyclic amines) is 1. The van der Waals surface area contributed by atoms with Crippen molar-refractivity contribution < 1.29 is 14.6 Å². The van der Waals surface area contributed by atoms with Crippen LogP contribution in [0.2, 0.25) is 0 Å². The van der Waals surface area contributed by atoms with Crippen LogP contribution in [0, 0.1) is 5.92 Å². The minimum absolute atomic E-state index is 0.0974. The fourth-order valence-corrected chi connectivity index (χ4v) is 2.83. The zero-order chi connectivity index (χ0) is 15.9. The van der Waals surface area contributed by atoms with Crippen LogP contribution in [0.15, 0.2) is 24.3 Å². The number of benzene rings is 1. The maximum absolute atomic E-state index is 10.9. The number of aliphatic hydroxyl groups excluding tert-OH is 1. The van der Waals surface area contributed by atoms with E-state index in [0.717, 1.165) is 18.8 Å². The van der Waals surface area contributed by atoms with Crippen molar-refractivity contribution in [3.63, 3.8) is 0 Å². The van der Waals surface area contributed by atoms with Crippen molar-refractivity contribution >= 4 is 11.6 Å². The van der Waals surface area contributed by atoms with Crippen LogP contribution in [0.25, 0.3) is 0 Å². The highest BCUT2D eigenvalue weighted by Gasteiger charge is 2.19. The second-order valence-electron chi connectivity index (χ2n) is 6.18. The summed E-state index contributed by atoms with van der Waals surface area (Å²) in [7, 11) is 0. The molecule has 5 heteroatoms. The lowest BCUT2D eigenvalue weighted by Gasteiger charge is -2.32. The Kier molecular flexibility index (Phi) is 6.21. The Hall–Kier alpha value is -1.59. The van der Waals surface area contributed by atoms with Crippen LogP contribution in [-0.2, 0) is 4.79 Å². The summed E-state index contributed by atoms with van der Waals surface area (Å²) in [6.07, 6.45) is 2.00. The van der Waals surface area contributed by atoms with Gasteiger partial charge in [0.1, 0.15) is 18.5 Å². The third kappa shape index (κ3) is 5.66. The van der Waals surface area contributed by atoms with Crippen LogP contribution >= 0.6 is 0 Å². The number of rotatable bonds is 6. The summed E-state index contributed by atoms with van der Waals surface area (Å²) in [6, 6.07) is 7.16. The largest absolute Gasteiger partial charge is 0.491 e. The molecular formula is C17H26N2O3. The summed E-state index contributed by atoms with van der Waals surface area (Å²) in [5.41, 5.74) is 0.739. The Morgan fingerprint density at radius 3 is 2.82 bits per heavy atom. The number of aliphatic hydroxyl groups is 1. The number of carbonyl (C=O) groups is 1. The topological polar surface area (TPSA) is 61.8 Å². The van der Waals surface area contributed by atoms with Crippen LogP contribution in [0.3, 0.4) is 0 Å². The molecule has 1 heterocycles. The fourth-order valence-electron chi connectivity index (χ4n) is 2.83. The summed E-state index contributed by atoms with van der Waals surface area (Å²) in [5, 5.41) is 12.8. The van der Waals surface area contributed by atoms with Crippen molar-refractivity contribution in [3.05, 3.63) is 24.3 Å². The van der Waals surface area contributed by atoms with Crippen molar-refractivity contribution in [1.82, 2.24) is 4.90 Å². The van der Waals surface area contributed by atoms with Gasteiger partial charge in [-0.15, -0.1) is 0 Å². The predicted molar refractivity (Wildman–Crippen MR) is 87.1 cm³/mol. The first-order chi connectivity index (χ1) is 10.5. The average molecular weight is 306 g/mol. The number of nitrogens with one attached hydrogen (secondary N) is 1. The maximum atomic E-state index is 10.9. The third-order valence-corrected chi connectivity index (χ3v) is 3.83. The lowest BCUT2D eigenvalue weighted by molar-refractivity contribution is -0.114. The van der Waals surface area contributed by atoms with Gasteiger partial charge in [-0.05, 0) is 49.6 Å². The SMILES string of the molecule is CC(=O)Nc1ccc(OC[C@@H](O)CN2CCC[C@H](C)C2)cc1. The summed E-state index contributed by atoms with van der Waals surface area (Å²) < 4.78 is 5.61. The number of hydrogen-bond donors (Lipinski definition) is 2. The van der Waals surface area contributed by atoms with E-state index < -0.39 is 6.10 Å². The summed E-state index contributed by atoms with van der Waals surface area (Å²) in [6.45, 7) is 6.79. The highest BCUT2D eigenvalue weighted by molar-refractivity contribution is 5.88. The Morgan fingerprint density at radius 2 is 2.18 bits per heavy atom. The number of nitrogens with zero attached hydrogens (tertiary/aromatic N) is 1. The highest BCUT2D eigenvalue weighted by Crippen LogP contribution is 2.17. The smallest absolute Gasteiger partial charge is 0.221 e. The molecule has 0 saturated carbocycles. The number of amides is 1. The predicted octanol–water partition coefficient (Wildman–Crippen LogP) is 2.12. The number of piperidine rings is 1. The summed E-state index contributed by atoms with van der Waals surface area (Å²) in [5.74, 6) is 1.31. The summed E-state index contributed by atoms with van der Waals surface area (Å²) >= 11 is 0. The quantitative estimate of drug-likeness (QED) is 0.845. The molecule has 0 aromatic heterocycles. The fraction of sp³-hybridized carbons (Fsp3) is 0.588. The van der Waals surface area contributed by atoms with Gasteiger partial charge in [-0.25, -0.2) is 0 Å². The van der Waals surface area contributed by atoms with Gasteiger partial charge in [-0.2, -0.15) is 0 Å². The Labute approximate surface area is 132 Å². The zero-order valence-electron chi connectivity index (χ0n) is 13.4. The normalized spacial score (nSPS) is 20.4. The lowest BCUT2D eigenvalue weighted by Crippen LogP contribution is -2.41. The lowest BCUT2D eigenvalue weighted by atomic mass is 10.0. The van der Waals surface area contributed by atoms with E-state index >= 15 is 0 Å². The molecule has 0 radical (unpaired) electrons. The van der Waals surface area contributed by atoms with Crippen LogP contribution in [-0.4, -0.2) is 48.3 Å². The standard InChI is InChI=1S/C17H26N2O3/c1-13-4-3-9-19(10-13)11-16(21)12-22-17-7-5-15(6-8-17)18-14(2)20/h5-8,13,16,21H,3-4,9-12H2,1-2H3,(H,18,20)/t13-,16-/m0/s1. The molecule has 1 saturated heterocycles. The number of anilines is 1.